The molecule has 2 N–H and O–H groups in total. The third-order valence-corrected chi connectivity index (χ3v) is 3.92. The number of nitrogens with two attached hydrogens (primary N) is 1. The van der Waals surface area contributed by atoms with Gasteiger partial charge in [-0.1, -0.05) is 0 Å². The van der Waals surface area contributed by atoms with Crippen LogP contribution in [0.4, 0.5) is 23.2 Å². The van der Waals surface area contributed by atoms with E-state index < -0.39 is 33.5 Å². The van der Waals surface area contributed by atoms with Crippen LogP contribution in [-0.4, -0.2) is 40.2 Å². The molecule has 1 aromatic carbocycles. The molecule has 0 aliphatic rings. The molecule has 0 saturated heterocycles. The van der Waals surface area contributed by atoms with Gasteiger partial charge in [-0.05, 0) is 24.3 Å². The van der Waals surface area contributed by atoms with Crippen LogP contribution in [0.3, 0.4) is 0 Å². The lowest BCUT2D eigenvalue weighted by Crippen LogP contribution is -2.33. The van der Waals surface area contributed by atoms with Gasteiger partial charge in [-0.3, -0.25) is 0 Å². The molecule has 0 radical (unpaired) electrons. The molecule has 4 nitrogen and oxygen atoms in total. The molecular formula is C11H14F4N2O2S. The Balaban J connectivity index is 2.99. The maximum atomic E-state index is 12.4. The lowest BCUT2D eigenvalue weighted by atomic mass is 10.3. The number of sulfone groups is 1. The summed E-state index contributed by atoms with van der Waals surface area (Å²) in [5.41, 5.74) is 5.60. The Morgan fingerprint density at radius 3 is 2.05 bits per heavy atom. The van der Waals surface area contributed by atoms with E-state index in [4.69, 9.17) is 5.73 Å². The minimum Gasteiger partial charge on any atom is -0.365 e. The van der Waals surface area contributed by atoms with Crippen molar-refractivity contribution in [2.24, 2.45) is 5.73 Å². The molecule has 0 atom stereocenters. The van der Waals surface area contributed by atoms with Crippen LogP contribution in [0, 0.1) is 0 Å². The van der Waals surface area contributed by atoms with Crippen molar-refractivity contribution in [3.05, 3.63) is 24.3 Å². The van der Waals surface area contributed by atoms with Gasteiger partial charge in [0.05, 0.1) is 11.4 Å². The Kier molecular flexibility index (Phi) is 5.75. The van der Waals surface area contributed by atoms with Gasteiger partial charge in [-0.15, -0.1) is 0 Å². The third kappa shape index (κ3) is 4.07. The molecule has 20 heavy (non-hydrogen) atoms. The smallest absolute Gasteiger partial charge is 0.341 e. The summed E-state index contributed by atoms with van der Waals surface area (Å²) in [6, 6.07) is 4.33. The first-order valence-corrected chi connectivity index (χ1v) is 7.19. The second kappa shape index (κ2) is 6.89. The van der Waals surface area contributed by atoms with Crippen LogP contribution in [0.25, 0.3) is 0 Å². The minimum absolute atomic E-state index is 0.129. The van der Waals surface area contributed by atoms with E-state index in [-0.39, 0.29) is 13.1 Å². The molecule has 1 aromatic rings. The van der Waals surface area contributed by atoms with E-state index in [1.807, 2.05) is 0 Å². The number of alkyl halides is 4. The van der Waals surface area contributed by atoms with Gasteiger partial charge in [0.2, 0.25) is 9.84 Å². The number of rotatable bonds is 7. The largest absolute Gasteiger partial charge is 0.365 e. The van der Waals surface area contributed by atoms with Gasteiger partial charge in [0.25, 0.3) is 6.43 Å². The Labute approximate surface area is 114 Å². The average molecular weight is 314 g/mol. The zero-order chi connectivity index (χ0) is 15.3. The van der Waals surface area contributed by atoms with E-state index in [0.29, 0.717) is 5.69 Å². The molecule has 9 heteroatoms. The van der Waals surface area contributed by atoms with Crippen LogP contribution < -0.4 is 10.6 Å². The van der Waals surface area contributed by atoms with Crippen LogP contribution in [0.15, 0.2) is 29.2 Å². The van der Waals surface area contributed by atoms with E-state index in [2.05, 4.69) is 0 Å². The van der Waals surface area contributed by atoms with Gasteiger partial charge in [0, 0.05) is 18.8 Å². The van der Waals surface area contributed by atoms with Gasteiger partial charge in [-0.25, -0.2) is 17.2 Å². The maximum absolute atomic E-state index is 12.4. The van der Waals surface area contributed by atoms with Crippen LogP contribution in [-0.2, 0) is 9.84 Å². The fourth-order valence-electron chi connectivity index (χ4n) is 1.60. The van der Waals surface area contributed by atoms with E-state index >= 15 is 0 Å². The predicted molar refractivity (Wildman–Crippen MR) is 66.9 cm³/mol. The standard InChI is InChI=1S/C11H14F4N2O2S/c12-10(13)7-17(6-5-16)8-1-3-9(4-2-8)20(18,19)11(14)15/h1-4,10-11H,5-7,16H2. The summed E-state index contributed by atoms with van der Waals surface area (Å²) >= 11 is 0. The fraction of sp³-hybridized carbons (Fsp3) is 0.455. The molecule has 114 valence electrons. The molecule has 0 aliphatic carbocycles. The molecule has 0 saturated carbocycles. The molecule has 0 unspecified atom stereocenters. The second-order valence-electron chi connectivity index (χ2n) is 3.93. The van der Waals surface area contributed by atoms with Gasteiger partial charge < -0.3 is 10.6 Å². The maximum Gasteiger partial charge on any atom is 0.341 e. The summed E-state index contributed by atoms with van der Waals surface area (Å²) in [6.45, 7) is -0.298. The van der Waals surface area contributed by atoms with Crippen molar-refractivity contribution < 1.29 is 26.0 Å². The highest BCUT2D eigenvalue weighted by molar-refractivity contribution is 7.91. The summed E-state index contributed by atoms with van der Waals surface area (Å²) in [5.74, 6) is -3.52. The highest BCUT2D eigenvalue weighted by Crippen LogP contribution is 2.22. The topological polar surface area (TPSA) is 63.4 Å². The molecule has 1 rings (SSSR count). The summed E-state index contributed by atoms with van der Waals surface area (Å²) < 4.78 is 71.9. The first-order valence-electron chi connectivity index (χ1n) is 5.64. The van der Waals surface area contributed by atoms with Crippen LogP contribution in [0.2, 0.25) is 0 Å². The van der Waals surface area contributed by atoms with Crippen LogP contribution in [0.5, 0.6) is 0 Å². The van der Waals surface area contributed by atoms with Crippen molar-refractivity contribution in [3.8, 4) is 0 Å². The number of benzene rings is 1. The lowest BCUT2D eigenvalue weighted by Gasteiger charge is -2.23. The summed E-state index contributed by atoms with van der Waals surface area (Å²) in [5, 5.41) is 0. The highest BCUT2D eigenvalue weighted by Gasteiger charge is 2.26. The van der Waals surface area contributed by atoms with Crippen molar-refractivity contribution in [3.63, 3.8) is 0 Å². The Morgan fingerprint density at radius 2 is 1.65 bits per heavy atom. The third-order valence-electron chi connectivity index (χ3n) is 2.52. The summed E-state index contributed by atoms with van der Waals surface area (Å²) in [7, 11) is -4.68. The first-order chi connectivity index (χ1) is 9.28. The molecular weight excluding hydrogens is 300 g/mol. The highest BCUT2D eigenvalue weighted by atomic mass is 32.2. The Bertz CT molecular complexity index is 520. The van der Waals surface area contributed by atoms with Crippen molar-refractivity contribution in [2.45, 2.75) is 17.1 Å². The zero-order valence-electron chi connectivity index (χ0n) is 10.3. The molecule has 0 amide bonds. The average Bonchev–Trinajstić information content (AvgIpc) is 2.37. The zero-order valence-corrected chi connectivity index (χ0v) is 11.2. The van der Waals surface area contributed by atoms with E-state index in [9.17, 15) is 26.0 Å². The fourth-order valence-corrected chi connectivity index (χ4v) is 2.32. The lowest BCUT2D eigenvalue weighted by molar-refractivity contribution is 0.155. The monoisotopic (exact) mass is 314 g/mol. The van der Waals surface area contributed by atoms with Crippen LogP contribution >= 0.6 is 0 Å². The molecule has 0 bridgehead atoms. The van der Waals surface area contributed by atoms with Gasteiger partial charge >= 0.3 is 5.76 Å². The van der Waals surface area contributed by atoms with Crippen molar-refractivity contribution >= 4 is 15.5 Å². The molecule has 0 aliphatic heterocycles. The number of hydrogen-bond donors (Lipinski definition) is 1. The van der Waals surface area contributed by atoms with Crippen molar-refractivity contribution in [1.82, 2.24) is 0 Å². The van der Waals surface area contributed by atoms with E-state index in [0.717, 1.165) is 12.1 Å². The summed E-state index contributed by atoms with van der Waals surface area (Å²) in [4.78, 5) is 0.699. The van der Waals surface area contributed by atoms with Crippen molar-refractivity contribution in [2.75, 3.05) is 24.5 Å². The van der Waals surface area contributed by atoms with Crippen molar-refractivity contribution in [1.29, 1.82) is 0 Å². The second-order valence-corrected chi connectivity index (χ2v) is 5.84. The van der Waals surface area contributed by atoms with E-state index in [1.54, 1.807) is 0 Å². The molecule has 0 spiro atoms. The minimum atomic E-state index is -4.68. The molecule has 0 heterocycles. The molecule has 0 fully saturated rings. The molecule has 0 aromatic heterocycles. The Morgan fingerprint density at radius 1 is 1.10 bits per heavy atom. The predicted octanol–water partition coefficient (Wildman–Crippen LogP) is 1.71. The van der Waals surface area contributed by atoms with Gasteiger partial charge in [0.1, 0.15) is 0 Å². The Hall–Kier alpha value is -1.35. The normalized spacial score (nSPS) is 12.2. The number of hydrogen-bond acceptors (Lipinski definition) is 4. The van der Waals surface area contributed by atoms with Crippen LogP contribution in [0.1, 0.15) is 0 Å². The number of nitrogens with zero attached hydrogens (tertiary/aromatic N) is 1. The van der Waals surface area contributed by atoms with Gasteiger partial charge in [0.15, 0.2) is 0 Å². The quantitative estimate of drug-likeness (QED) is 0.778. The summed E-state index contributed by atoms with van der Waals surface area (Å²) in [6.07, 6.45) is -2.59. The number of halogens is 4. The first kappa shape index (κ1) is 16.7. The number of anilines is 1. The SMILES string of the molecule is NCCN(CC(F)F)c1ccc(S(=O)(=O)C(F)F)cc1. The van der Waals surface area contributed by atoms with E-state index in [1.165, 1.54) is 17.0 Å². The van der Waals surface area contributed by atoms with Gasteiger partial charge in [-0.2, -0.15) is 8.78 Å².